The fourth-order valence-corrected chi connectivity index (χ4v) is 3.96. The lowest BCUT2D eigenvalue weighted by Gasteiger charge is -2.30. The van der Waals surface area contributed by atoms with E-state index in [-0.39, 0.29) is 24.8 Å². The highest BCUT2D eigenvalue weighted by molar-refractivity contribution is 6.05. The minimum Gasteiger partial charge on any atom is -0.322 e. The molecule has 2 N–H and O–H groups in total. The molecule has 1 unspecified atom stereocenters. The van der Waals surface area contributed by atoms with Crippen molar-refractivity contribution < 1.29 is 18.8 Å². The predicted molar refractivity (Wildman–Crippen MR) is 87.4 cm³/mol. The molecule has 0 spiro atoms. The minimum absolute atomic E-state index is 0.225. The van der Waals surface area contributed by atoms with Crippen LogP contribution in [0.5, 0.6) is 0 Å². The average Bonchev–Trinajstić information content (AvgIpc) is 2.92. The maximum atomic E-state index is 15.2. The molecule has 3 aliphatic heterocycles. The Bertz CT molecular complexity index is 758. The van der Waals surface area contributed by atoms with Crippen LogP contribution in [0.3, 0.4) is 0 Å². The normalized spacial score (nSPS) is 25.7. The summed E-state index contributed by atoms with van der Waals surface area (Å²) in [7, 11) is 0. The number of benzene rings is 1. The Labute approximate surface area is 144 Å². The predicted octanol–water partition coefficient (Wildman–Crippen LogP) is 0.996. The molecule has 0 saturated carbocycles. The lowest BCUT2D eigenvalue weighted by molar-refractivity contribution is -0.136. The van der Waals surface area contributed by atoms with E-state index in [9.17, 15) is 14.4 Å². The fraction of sp³-hybridized carbons (Fsp3) is 0.500. The van der Waals surface area contributed by atoms with Crippen LogP contribution in [0.1, 0.15) is 47.2 Å². The molecule has 3 amide bonds. The zero-order chi connectivity index (χ0) is 17.6. The largest absolute Gasteiger partial charge is 0.322 e. The summed E-state index contributed by atoms with van der Waals surface area (Å²) in [6, 6.07) is 4.49. The Balaban J connectivity index is 1.59. The molecular formula is C18H20FN3O3. The number of fused-ring (bicyclic) bond motifs is 1. The first-order valence-electron chi connectivity index (χ1n) is 8.66. The van der Waals surface area contributed by atoms with Crippen LogP contribution in [0.2, 0.25) is 0 Å². The third kappa shape index (κ3) is 2.72. The van der Waals surface area contributed by atoms with Crippen molar-refractivity contribution in [3.8, 4) is 0 Å². The first-order valence-corrected chi connectivity index (χ1v) is 8.66. The number of hydrogen-bond acceptors (Lipinski definition) is 4. The summed E-state index contributed by atoms with van der Waals surface area (Å²) in [6.45, 7) is 1.55. The van der Waals surface area contributed by atoms with Crippen molar-refractivity contribution in [1.29, 1.82) is 0 Å². The van der Waals surface area contributed by atoms with E-state index in [1.807, 2.05) is 0 Å². The molecule has 7 heteroatoms. The monoisotopic (exact) mass is 345 g/mol. The number of rotatable bonds is 2. The van der Waals surface area contributed by atoms with Crippen LogP contribution in [0.15, 0.2) is 18.2 Å². The average molecular weight is 345 g/mol. The number of hydrogen-bond donors (Lipinski definition) is 2. The number of nitrogens with one attached hydrogen (secondary N) is 2. The molecule has 3 aliphatic rings. The summed E-state index contributed by atoms with van der Waals surface area (Å²) in [5, 5.41) is 5.44. The molecule has 4 rings (SSSR count). The number of carbonyl (C=O) groups is 3. The van der Waals surface area contributed by atoms with Crippen molar-refractivity contribution in [2.24, 2.45) is 0 Å². The number of piperidine rings is 2. The molecule has 2 saturated heterocycles. The van der Waals surface area contributed by atoms with Gasteiger partial charge in [-0.1, -0.05) is 12.1 Å². The number of alkyl halides is 1. The zero-order valence-electron chi connectivity index (χ0n) is 13.8. The van der Waals surface area contributed by atoms with Gasteiger partial charge in [0.15, 0.2) is 0 Å². The second kappa shape index (κ2) is 5.91. The van der Waals surface area contributed by atoms with Crippen molar-refractivity contribution in [3.63, 3.8) is 0 Å². The van der Waals surface area contributed by atoms with Crippen LogP contribution < -0.4 is 10.6 Å². The smallest absolute Gasteiger partial charge is 0.255 e. The number of amides is 3. The van der Waals surface area contributed by atoms with Gasteiger partial charge in [0.1, 0.15) is 11.7 Å². The highest BCUT2D eigenvalue weighted by atomic mass is 19.1. The molecule has 2 fully saturated rings. The molecule has 0 aromatic heterocycles. The Morgan fingerprint density at radius 2 is 1.92 bits per heavy atom. The van der Waals surface area contributed by atoms with E-state index >= 15 is 4.39 Å². The highest BCUT2D eigenvalue weighted by Gasteiger charge is 2.40. The molecule has 132 valence electrons. The SMILES string of the molecule is O=C1CCC(N2Cc3cc(C4(F)CCNCC4)ccc3C2=O)C(=O)N1. The zero-order valence-corrected chi connectivity index (χ0v) is 13.8. The summed E-state index contributed by atoms with van der Waals surface area (Å²) in [4.78, 5) is 37.5. The van der Waals surface area contributed by atoms with Gasteiger partial charge in [-0.2, -0.15) is 0 Å². The van der Waals surface area contributed by atoms with Gasteiger partial charge in [0.2, 0.25) is 11.8 Å². The number of nitrogens with zero attached hydrogens (tertiary/aromatic N) is 1. The fourth-order valence-electron chi connectivity index (χ4n) is 3.96. The van der Waals surface area contributed by atoms with E-state index in [1.54, 1.807) is 18.2 Å². The Morgan fingerprint density at radius 3 is 2.64 bits per heavy atom. The Hall–Kier alpha value is -2.28. The Morgan fingerprint density at radius 1 is 1.16 bits per heavy atom. The maximum absolute atomic E-state index is 15.2. The molecule has 1 atom stereocenters. The van der Waals surface area contributed by atoms with E-state index in [2.05, 4.69) is 10.6 Å². The van der Waals surface area contributed by atoms with Crippen LogP contribution in [-0.2, 0) is 21.8 Å². The third-order valence-corrected chi connectivity index (χ3v) is 5.44. The quantitative estimate of drug-likeness (QED) is 0.784. The maximum Gasteiger partial charge on any atom is 0.255 e. The summed E-state index contributed by atoms with van der Waals surface area (Å²) in [5.74, 6) is -0.967. The van der Waals surface area contributed by atoms with Gasteiger partial charge in [0.25, 0.3) is 5.91 Å². The summed E-state index contributed by atoms with van der Waals surface area (Å²) in [6.07, 6.45) is 1.38. The van der Waals surface area contributed by atoms with Gasteiger partial charge in [-0.25, -0.2) is 4.39 Å². The number of imide groups is 1. The molecule has 6 nitrogen and oxygen atoms in total. The molecule has 0 radical (unpaired) electrons. The standard InChI is InChI=1S/C18H20FN3O3/c19-18(5-7-20-8-6-18)12-1-2-13-11(9-12)10-22(17(13)25)14-3-4-15(23)21-16(14)24/h1-2,9,14,20H,3-8,10H2,(H,21,23,24). The molecule has 3 heterocycles. The van der Waals surface area contributed by atoms with Crippen molar-refractivity contribution in [1.82, 2.24) is 15.5 Å². The number of halogens is 1. The van der Waals surface area contributed by atoms with E-state index < -0.39 is 17.6 Å². The van der Waals surface area contributed by atoms with Gasteiger partial charge >= 0.3 is 0 Å². The van der Waals surface area contributed by atoms with Crippen molar-refractivity contribution in [3.05, 3.63) is 34.9 Å². The highest BCUT2D eigenvalue weighted by Crippen LogP contribution is 2.37. The van der Waals surface area contributed by atoms with Crippen molar-refractivity contribution in [2.75, 3.05) is 13.1 Å². The lowest BCUT2D eigenvalue weighted by Crippen LogP contribution is -2.52. The third-order valence-electron chi connectivity index (χ3n) is 5.44. The summed E-state index contributed by atoms with van der Waals surface area (Å²) < 4.78 is 15.2. The Kier molecular flexibility index (Phi) is 3.83. The topological polar surface area (TPSA) is 78.5 Å². The molecule has 1 aromatic carbocycles. The van der Waals surface area contributed by atoms with E-state index in [1.165, 1.54) is 4.90 Å². The van der Waals surface area contributed by atoms with Crippen LogP contribution in [0, 0.1) is 0 Å². The van der Waals surface area contributed by atoms with Crippen LogP contribution in [-0.4, -0.2) is 41.8 Å². The molecule has 25 heavy (non-hydrogen) atoms. The van der Waals surface area contributed by atoms with Crippen LogP contribution in [0.4, 0.5) is 4.39 Å². The second-order valence-electron chi connectivity index (χ2n) is 6.99. The van der Waals surface area contributed by atoms with Gasteiger partial charge in [-0.15, -0.1) is 0 Å². The van der Waals surface area contributed by atoms with Gasteiger partial charge in [0, 0.05) is 18.5 Å². The minimum atomic E-state index is -1.37. The van der Waals surface area contributed by atoms with Gasteiger partial charge < -0.3 is 10.2 Å². The van der Waals surface area contributed by atoms with Crippen molar-refractivity contribution in [2.45, 2.75) is 43.9 Å². The molecular weight excluding hydrogens is 325 g/mol. The summed E-state index contributed by atoms with van der Waals surface area (Å²) in [5.41, 5.74) is 0.505. The van der Waals surface area contributed by atoms with Crippen LogP contribution in [0.25, 0.3) is 0 Å². The van der Waals surface area contributed by atoms with Gasteiger partial charge in [-0.3, -0.25) is 19.7 Å². The van der Waals surface area contributed by atoms with Gasteiger partial charge in [-0.05, 0) is 49.5 Å². The summed E-state index contributed by atoms with van der Waals surface area (Å²) >= 11 is 0. The lowest BCUT2D eigenvalue weighted by atomic mass is 9.85. The van der Waals surface area contributed by atoms with Crippen LogP contribution >= 0.6 is 0 Å². The molecule has 1 aromatic rings. The second-order valence-corrected chi connectivity index (χ2v) is 6.99. The number of carbonyl (C=O) groups excluding carboxylic acids is 3. The van der Waals surface area contributed by atoms with E-state index in [0.29, 0.717) is 43.5 Å². The van der Waals surface area contributed by atoms with Crippen molar-refractivity contribution >= 4 is 17.7 Å². The van der Waals surface area contributed by atoms with E-state index in [4.69, 9.17) is 0 Å². The van der Waals surface area contributed by atoms with Gasteiger partial charge in [0.05, 0.1) is 0 Å². The van der Waals surface area contributed by atoms with E-state index in [0.717, 1.165) is 5.56 Å². The first kappa shape index (κ1) is 16.2. The first-order chi connectivity index (χ1) is 12.0. The molecule has 0 bridgehead atoms. The molecule has 0 aliphatic carbocycles.